The first-order valence-electron chi connectivity index (χ1n) is 9.90. The van der Waals surface area contributed by atoms with Gasteiger partial charge in [0.1, 0.15) is 5.78 Å². The molecule has 0 spiro atoms. The van der Waals surface area contributed by atoms with Gasteiger partial charge in [-0.3, -0.25) is 4.79 Å². The zero-order valence-electron chi connectivity index (χ0n) is 18.2. The maximum Gasteiger partial charge on any atom is 0.425 e. The summed E-state index contributed by atoms with van der Waals surface area (Å²) in [6, 6.07) is 13.5. The first kappa shape index (κ1) is 26.9. The van der Waals surface area contributed by atoms with Crippen molar-refractivity contribution in [3.8, 4) is 0 Å². The minimum atomic E-state index is -3.11. The van der Waals surface area contributed by atoms with Gasteiger partial charge in [0.25, 0.3) is 0 Å². The van der Waals surface area contributed by atoms with E-state index in [1.165, 1.54) is 14.0 Å². The van der Waals surface area contributed by atoms with Gasteiger partial charge in [0.15, 0.2) is 6.10 Å². The van der Waals surface area contributed by atoms with Gasteiger partial charge in [-0.1, -0.05) is 36.4 Å². The Balaban J connectivity index is 0.00000118. The molecule has 2 unspecified atom stereocenters. The van der Waals surface area contributed by atoms with E-state index in [0.717, 1.165) is 16.5 Å². The fourth-order valence-electron chi connectivity index (χ4n) is 2.87. The van der Waals surface area contributed by atoms with Crippen LogP contribution in [0.2, 0.25) is 0 Å². The number of ketones is 1. The molecular weight excluding hydrogens is 438 g/mol. The number of hydrogen-bond donors (Lipinski definition) is 1. The van der Waals surface area contributed by atoms with E-state index in [0.29, 0.717) is 19.3 Å². The van der Waals surface area contributed by atoms with Gasteiger partial charge >= 0.3 is 16.6 Å². The van der Waals surface area contributed by atoms with Gasteiger partial charge in [0.05, 0.1) is 6.61 Å². The number of nitrogens with one attached hydrogen (secondary N) is 1. The van der Waals surface area contributed by atoms with Crippen LogP contribution in [0.4, 0.5) is 5.69 Å². The standard InChI is InChI=1S/C22H27NO5.O3S/c1-15(24)11-12-18(13-14-28-22(26)16(2)27-3)21(25)23-20-10-6-8-17-7-4-5-9-19(17)20;1-4(2)3/h4-10,16,18H,11-14H2,1-3H3,(H,23,25);. The number of carbonyl (C=O) groups excluding carboxylic acids is 3. The molecule has 1 N–H and O–H groups in total. The average molecular weight is 466 g/mol. The van der Waals surface area contributed by atoms with Gasteiger partial charge in [-0.05, 0) is 38.1 Å². The Morgan fingerprint density at radius 1 is 1.00 bits per heavy atom. The first-order chi connectivity index (χ1) is 15.1. The Kier molecular flexibility index (Phi) is 11.8. The van der Waals surface area contributed by atoms with Gasteiger partial charge in [-0.15, -0.1) is 12.6 Å². The summed E-state index contributed by atoms with van der Waals surface area (Å²) in [5, 5.41) is 4.94. The molecule has 1 amide bonds. The second-order valence-corrected chi connectivity index (χ2v) is 7.40. The summed E-state index contributed by atoms with van der Waals surface area (Å²) in [5.74, 6) is -1.07. The maximum absolute atomic E-state index is 12.8. The highest BCUT2D eigenvalue weighted by Crippen LogP contribution is 2.24. The quantitative estimate of drug-likeness (QED) is 0.530. The highest BCUT2D eigenvalue weighted by molar-refractivity contribution is 7.59. The zero-order valence-corrected chi connectivity index (χ0v) is 19.0. The summed E-state index contributed by atoms with van der Waals surface area (Å²) >= 11 is 0. The topological polar surface area (TPSA) is 133 Å². The molecule has 2 atom stereocenters. The van der Waals surface area contributed by atoms with E-state index in [9.17, 15) is 14.4 Å². The van der Waals surface area contributed by atoms with Crippen LogP contribution in [0.15, 0.2) is 42.5 Å². The molecular formula is C22H27NO8S. The fourth-order valence-corrected chi connectivity index (χ4v) is 2.87. The van der Waals surface area contributed by atoms with Crippen molar-refractivity contribution in [3.05, 3.63) is 42.5 Å². The molecule has 0 bridgehead atoms. The second kappa shape index (κ2) is 14.0. The van der Waals surface area contributed by atoms with Gasteiger partial charge in [0, 0.05) is 30.5 Å². The van der Waals surface area contributed by atoms with Crippen LogP contribution in [0.25, 0.3) is 10.8 Å². The average Bonchev–Trinajstić information content (AvgIpc) is 2.74. The predicted molar refractivity (Wildman–Crippen MR) is 118 cm³/mol. The summed E-state index contributed by atoms with van der Waals surface area (Å²) in [5.41, 5.74) is 0.723. The van der Waals surface area contributed by atoms with Crippen LogP contribution in [0.3, 0.4) is 0 Å². The Morgan fingerprint density at radius 2 is 1.62 bits per heavy atom. The number of carbonyl (C=O) groups is 3. The molecule has 0 saturated carbocycles. The summed E-state index contributed by atoms with van der Waals surface area (Å²) < 4.78 is 35.4. The van der Waals surface area contributed by atoms with E-state index < -0.39 is 28.6 Å². The van der Waals surface area contributed by atoms with Crippen LogP contribution in [0.5, 0.6) is 0 Å². The molecule has 0 saturated heterocycles. The Labute approximate surface area is 188 Å². The number of esters is 1. The van der Waals surface area contributed by atoms with E-state index in [1.54, 1.807) is 6.92 Å². The molecule has 174 valence electrons. The summed E-state index contributed by atoms with van der Waals surface area (Å²) in [6.45, 7) is 3.20. The molecule has 2 rings (SSSR count). The van der Waals surface area contributed by atoms with E-state index in [-0.39, 0.29) is 18.3 Å². The third-order valence-corrected chi connectivity index (χ3v) is 4.66. The molecule has 32 heavy (non-hydrogen) atoms. The summed E-state index contributed by atoms with van der Waals surface area (Å²) in [6.07, 6.45) is 0.394. The minimum Gasteiger partial charge on any atom is -0.464 e. The zero-order chi connectivity index (χ0) is 24.1. The maximum atomic E-state index is 12.8. The molecule has 0 heterocycles. The lowest BCUT2D eigenvalue weighted by molar-refractivity contribution is -0.155. The second-order valence-electron chi connectivity index (χ2n) is 6.99. The number of rotatable bonds is 10. The molecule has 2 aromatic carbocycles. The van der Waals surface area contributed by atoms with Crippen molar-refractivity contribution >= 4 is 44.7 Å². The lowest BCUT2D eigenvalue weighted by Crippen LogP contribution is -2.27. The van der Waals surface area contributed by atoms with Crippen molar-refractivity contribution < 1.29 is 36.5 Å². The van der Waals surface area contributed by atoms with E-state index in [2.05, 4.69) is 5.32 Å². The largest absolute Gasteiger partial charge is 0.464 e. The number of amides is 1. The minimum absolute atomic E-state index is 0.0213. The Hall–Kier alpha value is -3.11. The fraction of sp³-hybridized carbons (Fsp3) is 0.409. The van der Waals surface area contributed by atoms with Crippen LogP contribution >= 0.6 is 0 Å². The predicted octanol–water partition coefficient (Wildman–Crippen LogP) is 2.73. The smallest absolute Gasteiger partial charge is 0.425 e. The van der Waals surface area contributed by atoms with Crippen molar-refractivity contribution in [2.45, 2.75) is 39.2 Å². The van der Waals surface area contributed by atoms with Gasteiger partial charge in [0.2, 0.25) is 5.91 Å². The molecule has 9 nitrogen and oxygen atoms in total. The van der Waals surface area contributed by atoms with Crippen molar-refractivity contribution in [1.29, 1.82) is 0 Å². The Bertz CT molecular complexity index is 1020. The number of ether oxygens (including phenoxy) is 2. The lowest BCUT2D eigenvalue weighted by Gasteiger charge is -2.18. The number of benzene rings is 2. The molecule has 10 heteroatoms. The van der Waals surface area contributed by atoms with E-state index in [4.69, 9.17) is 22.1 Å². The SMILES string of the molecule is COC(C)C(=O)OCCC(CCC(C)=O)C(=O)Nc1cccc2ccccc12.O=S(=O)=O. The van der Waals surface area contributed by atoms with Gasteiger partial charge < -0.3 is 19.6 Å². The van der Waals surface area contributed by atoms with Crippen LogP contribution in [0, 0.1) is 5.92 Å². The van der Waals surface area contributed by atoms with Crippen LogP contribution < -0.4 is 5.32 Å². The highest BCUT2D eigenvalue weighted by atomic mass is 32.2. The first-order valence-corrected chi connectivity index (χ1v) is 10.9. The van der Waals surface area contributed by atoms with Crippen molar-refractivity contribution in [3.63, 3.8) is 0 Å². The molecule has 0 aromatic heterocycles. The number of methoxy groups -OCH3 is 1. The lowest BCUT2D eigenvalue weighted by atomic mass is 9.97. The van der Waals surface area contributed by atoms with E-state index in [1.807, 2.05) is 42.5 Å². The number of anilines is 1. The molecule has 0 aliphatic heterocycles. The molecule has 0 aliphatic carbocycles. The third kappa shape index (κ3) is 9.80. The number of hydrogen-bond acceptors (Lipinski definition) is 8. The summed E-state index contributed by atoms with van der Waals surface area (Å²) in [7, 11) is -1.68. The normalized spacial score (nSPS) is 12.1. The highest BCUT2D eigenvalue weighted by Gasteiger charge is 2.21. The van der Waals surface area contributed by atoms with Crippen LogP contribution in [-0.2, 0) is 34.5 Å². The van der Waals surface area contributed by atoms with E-state index >= 15 is 0 Å². The summed E-state index contributed by atoms with van der Waals surface area (Å²) in [4.78, 5) is 36.0. The Morgan fingerprint density at radius 3 is 2.25 bits per heavy atom. The van der Waals surface area contributed by atoms with Gasteiger partial charge in [-0.25, -0.2) is 4.79 Å². The van der Waals surface area contributed by atoms with Crippen molar-refractivity contribution in [1.82, 2.24) is 0 Å². The molecule has 0 aliphatic rings. The van der Waals surface area contributed by atoms with Crippen LogP contribution in [-0.4, -0.2) is 50.1 Å². The number of fused-ring (bicyclic) bond motifs is 1. The van der Waals surface area contributed by atoms with Crippen molar-refractivity contribution in [2.75, 3.05) is 19.0 Å². The third-order valence-electron chi connectivity index (χ3n) is 4.66. The molecule has 0 radical (unpaired) electrons. The van der Waals surface area contributed by atoms with Gasteiger partial charge in [-0.2, -0.15) is 0 Å². The number of Topliss-reactive ketones (excluding diaryl/α,β-unsaturated/α-hetero) is 1. The monoisotopic (exact) mass is 465 g/mol. The van der Waals surface area contributed by atoms with Crippen LogP contribution in [0.1, 0.15) is 33.1 Å². The molecule has 2 aromatic rings. The molecule has 0 fully saturated rings. The van der Waals surface area contributed by atoms with Crippen molar-refractivity contribution in [2.24, 2.45) is 5.92 Å².